The van der Waals surface area contributed by atoms with Gasteiger partial charge in [0.15, 0.2) is 0 Å². The number of carboxylic acids is 6. The van der Waals surface area contributed by atoms with Crippen molar-refractivity contribution in [2.45, 2.75) is 20.8 Å². The molecule has 2 rings (SSSR count). The molecule has 0 saturated heterocycles. The molecule has 0 bridgehead atoms. The SMILES string of the molecule is CC[NH+](CC)CC.O.O.O=C(O)c1cc(C(=O)O)cc(C(=O)O)c1.O=C([O-])c1cc(C(=O)O)cc(C(=O)O)c1. The number of rotatable bonds is 9. The van der Waals surface area contributed by atoms with Crippen molar-refractivity contribution in [3.8, 4) is 0 Å². The van der Waals surface area contributed by atoms with Crippen LogP contribution in [0, 0.1) is 0 Å². The van der Waals surface area contributed by atoms with Crippen molar-refractivity contribution in [3.05, 3.63) is 69.8 Å². The second-order valence-corrected chi connectivity index (χ2v) is 7.22. The Morgan fingerprint density at radius 3 is 0.795 bits per heavy atom. The minimum Gasteiger partial charge on any atom is -0.545 e. The van der Waals surface area contributed by atoms with E-state index in [4.69, 9.17) is 25.5 Å². The number of hydrogen-bond acceptors (Lipinski definition) is 7. The monoisotopic (exact) mass is 557 g/mol. The topological polar surface area (TPSA) is 294 Å². The van der Waals surface area contributed by atoms with Gasteiger partial charge < -0.3 is 51.3 Å². The summed E-state index contributed by atoms with van der Waals surface area (Å²) >= 11 is 0. The third-order valence-electron chi connectivity index (χ3n) is 4.84. The Balaban J connectivity index is -0.000000517. The van der Waals surface area contributed by atoms with Crippen LogP contribution in [0.25, 0.3) is 0 Å². The van der Waals surface area contributed by atoms with E-state index in [1.54, 1.807) is 4.90 Å². The summed E-state index contributed by atoms with van der Waals surface area (Å²) in [5, 5.41) is 53.5. The molecule has 0 heterocycles. The molecular formula is C24H31NO14. The molecule has 15 nitrogen and oxygen atoms in total. The third kappa shape index (κ3) is 13.3. The quantitative estimate of drug-likeness (QED) is 0.205. The molecule has 15 heteroatoms. The molecule has 2 aromatic rings. The van der Waals surface area contributed by atoms with Gasteiger partial charge >= 0.3 is 29.8 Å². The molecule has 0 aromatic heterocycles. The van der Waals surface area contributed by atoms with Gasteiger partial charge in [0.1, 0.15) is 0 Å². The van der Waals surface area contributed by atoms with Crippen molar-refractivity contribution in [3.63, 3.8) is 0 Å². The smallest absolute Gasteiger partial charge is 0.335 e. The first-order chi connectivity index (χ1) is 17.2. The Morgan fingerprint density at radius 1 is 0.513 bits per heavy atom. The van der Waals surface area contributed by atoms with Crippen LogP contribution in [-0.4, -0.2) is 91.9 Å². The minimum atomic E-state index is -1.62. The van der Waals surface area contributed by atoms with Crippen LogP contribution >= 0.6 is 0 Å². The molecule has 10 N–H and O–H groups in total. The molecule has 0 saturated carbocycles. The van der Waals surface area contributed by atoms with Crippen molar-refractivity contribution < 1.29 is 75.3 Å². The normalized spacial score (nSPS) is 9.23. The number of carbonyl (C=O) groups is 6. The van der Waals surface area contributed by atoms with Crippen molar-refractivity contribution in [2.24, 2.45) is 0 Å². The van der Waals surface area contributed by atoms with Gasteiger partial charge in [0.25, 0.3) is 0 Å². The molecule has 2 aromatic carbocycles. The van der Waals surface area contributed by atoms with Crippen molar-refractivity contribution in [1.29, 1.82) is 0 Å². The molecule has 0 amide bonds. The highest BCUT2D eigenvalue weighted by atomic mass is 16.4. The summed E-state index contributed by atoms with van der Waals surface area (Å²) in [7, 11) is 0. The standard InChI is InChI=1S/2C9H6O6.C6H15N.2H2O/c2*10-7(11)4-1-5(8(12)13)3-6(2-4)9(14)15;1-4-7(5-2)6-3;;/h2*1-3H,(H,10,11)(H,12,13)(H,14,15);4-6H2,1-3H3;2*1H2. The van der Waals surface area contributed by atoms with Gasteiger partial charge in [0, 0.05) is 0 Å². The number of carbonyl (C=O) groups excluding carboxylic acids is 1. The molecule has 0 aliphatic heterocycles. The van der Waals surface area contributed by atoms with Crippen molar-refractivity contribution in [1.82, 2.24) is 0 Å². The first-order valence-corrected chi connectivity index (χ1v) is 10.7. The van der Waals surface area contributed by atoms with E-state index >= 15 is 0 Å². The lowest BCUT2D eigenvalue weighted by atomic mass is 10.1. The largest absolute Gasteiger partial charge is 0.545 e. The maximum atomic E-state index is 10.6. The van der Waals surface area contributed by atoms with Gasteiger partial charge in [0.05, 0.1) is 53.4 Å². The summed E-state index contributed by atoms with van der Waals surface area (Å²) in [4.78, 5) is 64.9. The van der Waals surface area contributed by atoms with Crippen LogP contribution in [0.4, 0.5) is 0 Å². The summed E-state index contributed by atoms with van der Waals surface area (Å²) in [5.41, 5.74) is -2.40. The van der Waals surface area contributed by atoms with Gasteiger partial charge in [-0.25, -0.2) is 24.0 Å². The molecule has 0 spiro atoms. The van der Waals surface area contributed by atoms with E-state index in [-0.39, 0.29) is 27.6 Å². The summed E-state index contributed by atoms with van der Waals surface area (Å²) in [6, 6.07) is 5.25. The van der Waals surface area contributed by atoms with Gasteiger partial charge in [-0.3, -0.25) is 0 Å². The number of quaternary nitrogens is 1. The molecule has 0 atom stereocenters. The van der Waals surface area contributed by atoms with Gasteiger partial charge in [-0.05, 0) is 62.7 Å². The van der Waals surface area contributed by atoms with E-state index in [2.05, 4.69) is 20.8 Å². The van der Waals surface area contributed by atoms with E-state index in [9.17, 15) is 33.9 Å². The fraction of sp³-hybridized carbons (Fsp3) is 0.250. The zero-order valence-electron chi connectivity index (χ0n) is 21.2. The number of carboxylic acid groups (broad SMARTS) is 6. The molecule has 0 fully saturated rings. The van der Waals surface area contributed by atoms with Crippen LogP contribution in [0.15, 0.2) is 36.4 Å². The Kier molecular flexibility index (Phi) is 18.2. The van der Waals surface area contributed by atoms with Gasteiger partial charge in [-0.1, -0.05) is 0 Å². The predicted molar refractivity (Wildman–Crippen MR) is 132 cm³/mol. The lowest BCUT2D eigenvalue weighted by Gasteiger charge is -2.10. The number of benzene rings is 2. The highest BCUT2D eigenvalue weighted by Gasteiger charge is 2.14. The number of aromatic carboxylic acids is 6. The van der Waals surface area contributed by atoms with Crippen LogP contribution in [0.3, 0.4) is 0 Å². The molecule has 0 aliphatic carbocycles. The average molecular weight is 558 g/mol. The second kappa shape index (κ2) is 18.4. The first-order valence-electron chi connectivity index (χ1n) is 10.7. The second-order valence-electron chi connectivity index (χ2n) is 7.22. The molecule has 0 radical (unpaired) electrons. The number of nitrogens with one attached hydrogen (secondary N) is 1. The fourth-order valence-corrected chi connectivity index (χ4v) is 2.74. The summed E-state index contributed by atoms with van der Waals surface area (Å²) in [5.74, 6) is -8.55. The zero-order chi connectivity index (χ0) is 28.9. The molecular weight excluding hydrogens is 526 g/mol. The maximum absolute atomic E-state index is 10.6. The molecule has 39 heavy (non-hydrogen) atoms. The summed E-state index contributed by atoms with van der Waals surface area (Å²) < 4.78 is 0. The van der Waals surface area contributed by atoms with Crippen LogP contribution in [0.2, 0.25) is 0 Å². The predicted octanol–water partition coefficient (Wildman–Crippen LogP) is -1.49. The third-order valence-corrected chi connectivity index (χ3v) is 4.84. The Bertz CT molecular complexity index is 922. The van der Waals surface area contributed by atoms with Crippen molar-refractivity contribution >= 4 is 35.8 Å². The first kappa shape index (κ1) is 38.7. The molecule has 0 unspecified atom stereocenters. The van der Waals surface area contributed by atoms with Crippen LogP contribution in [-0.2, 0) is 0 Å². The Hall–Kier alpha value is -4.86. The summed E-state index contributed by atoms with van der Waals surface area (Å²) in [6.45, 7) is 10.5. The Labute approximate surface area is 221 Å². The molecule has 0 aliphatic rings. The van der Waals surface area contributed by atoms with E-state index in [0.29, 0.717) is 0 Å². The van der Waals surface area contributed by atoms with E-state index in [1.807, 2.05) is 0 Å². The highest BCUT2D eigenvalue weighted by molar-refractivity contribution is 5.99. The maximum Gasteiger partial charge on any atom is 0.335 e. The lowest BCUT2D eigenvalue weighted by molar-refractivity contribution is -0.894. The highest BCUT2D eigenvalue weighted by Crippen LogP contribution is 2.11. The van der Waals surface area contributed by atoms with E-state index in [0.717, 1.165) is 36.4 Å². The van der Waals surface area contributed by atoms with Gasteiger partial charge in [-0.15, -0.1) is 0 Å². The summed E-state index contributed by atoms with van der Waals surface area (Å²) in [6.07, 6.45) is 0. The fourth-order valence-electron chi connectivity index (χ4n) is 2.74. The van der Waals surface area contributed by atoms with Gasteiger partial charge in [-0.2, -0.15) is 0 Å². The molecule has 216 valence electrons. The number of hydrogen-bond donors (Lipinski definition) is 6. The Morgan fingerprint density at radius 2 is 0.692 bits per heavy atom. The lowest BCUT2D eigenvalue weighted by Crippen LogP contribution is -3.11. The minimum absolute atomic E-state index is 0. The van der Waals surface area contributed by atoms with Crippen LogP contribution in [0.1, 0.15) is 82.9 Å². The van der Waals surface area contributed by atoms with Crippen molar-refractivity contribution in [2.75, 3.05) is 19.6 Å². The van der Waals surface area contributed by atoms with Crippen LogP contribution < -0.4 is 10.0 Å². The van der Waals surface area contributed by atoms with Gasteiger partial charge in [0.2, 0.25) is 0 Å². The van der Waals surface area contributed by atoms with E-state index in [1.165, 1.54) is 19.6 Å². The van der Waals surface area contributed by atoms with Crippen LogP contribution in [0.5, 0.6) is 0 Å². The van der Waals surface area contributed by atoms with E-state index < -0.39 is 52.5 Å². The zero-order valence-corrected chi connectivity index (χ0v) is 21.2. The average Bonchev–Trinajstić information content (AvgIpc) is 2.85.